The summed E-state index contributed by atoms with van der Waals surface area (Å²) in [5.74, 6) is 0. The first-order chi connectivity index (χ1) is 6.04. The van der Waals surface area contributed by atoms with Crippen LogP contribution < -0.4 is 29.6 Å². The Morgan fingerprint density at radius 2 is 2.00 bits per heavy atom. The van der Waals surface area contributed by atoms with E-state index in [1.165, 1.54) is 19.1 Å². The number of benzene rings is 1. The number of aryl methyl sites for hydroxylation is 1. The SMILES string of the molecule is Cc1cccc([N+](=O)[O-])c1S(=O)[O-].[Na+]. The van der Waals surface area contributed by atoms with Crippen molar-refractivity contribution in [3.63, 3.8) is 0 Å². The Hall–Kier alpha value is -0.270. The predicted octanol–water partition coefficient (Wildman–Crippen LogP) is -1.85. The van der Waals surface area contributed by atoms with Crippen LogP contribution in [0.4, 0.5) is 5.69 Å². The maximum absolute atomic E-state index is 10.6. The van der Waals surface area contributed by atoms with Gasteiger partial charge in [-0.3, -0.25) is 14.3 Å². The maximum atomic E-state index is 10.6. The summed E-state index contributed by atoms with van der Waals surface area (Å²) in [7, 11) is 0. The Morgan fingerprint density at radius 3 is 2.36 bits per heavy atom. The molecule has 0 heterocycles. The molecule has 0 radical (unpaired) electrons. The number of hydrogen-bond acceptors (Lipinski definition) is 4. The summed E-state index contributed by atoms with van der Waals surface area (Å²) in [6.45, 7) is 1.51. The van der Waals surface area contributed by atoms with Gasteiger partial charge in [0.05, 0.1) is 4.92 Å². The first kappa shape index (κ1) is 13.7. The average Bonchev–Trinajstić information content (AvgIpc) is 2.02. The van der Waals surface area contributed by atoms with E-state index in [0.29, 0.717) is 5.56 Å². The molecule has 1 aromatic rings. The van der Waals surface area contributed by atoms with Crippen molar-refractivity contribution in [2.75, 3.05) is 0 Å². The van der Waals surface area contributed by atoms with Gasteiger partial charge in [0, 0.05) is 6.07 Å². The Kier molecular flexibility index (Phi) is 5.46. The van der Waals surface area contributed by atoms with E-state index >= 15 is 0 Å². The smallest absolute Gasteiger partial charge is 0.768 e. The largest absolute Gasteiger partial charge is 1.00 e. The van der Waals surface area contributed by atoms with E-state index in [9.17, 15) is 18.9 Å². The third-order valence-corrected chi connectivity index (χ3v) is 2.42. The average molecular weight is 223 g/mol. The molecule has 0 spiro atoms. The summed E-state index contributed by atoms with van der Waals surface area (Å²) in [5, 5.41) is 10.4. The van der Waals surface area contributed by atoms with Crippen LogP contribution in [0.1, 0.15) is 5.56 Å². The number of nitro benzene ring substituents is 1. The molecule has 0 aliphatic carbocycles. The molecule has 0 amide bonds. The fourth-order valence-electron chi connectivity index (χ4n) is 0.998. The molecule has 70 valence electrons. The zero-order valence-corrected chi connectivity index (χ0v) is 10.5. The van der Waals surface area contributed by atoms with Crippen molar-refractivity contribution < 1.29 is 43.2 Å². The van der Waals surface area contributed by atoms with Crippen LogP contribution in [0.5, 0.6) is 0 Å². The molecule has 1 unspecified atom stereocenters. The van der Waals surface area contributed by atoms with Crippen LogP contribution in [-0.2, 0) is 11.1 Å². The van der Waals surface area contributed by atoms with Gasteiger partial charge in [0.2, 0.25) is 0 Å². The minimum Gasteiger partial charge on any atom is -0.768 e. The minimum atomic E-state index is -2.56. The summed E-state index contributed by atoms with van der Waals surface area (Å²) in [5.41, 5.74) is -0.00383. The molecule has 1 atom stereocenters. The van der Waals surface area contributed by atoms with Crippen LogP contribution in [0.2, 0.25) is 0 Å². The molecule has 0 saturated heterocycles. The molecule has 0 bridgehead atoms. The van der Waals surface area contributed by atoms with Gasteiger partial charge in [-0.05, 0) is 23.6 Å². The molecule has 0 aliphatic heterocycles. The van der Waals surface area contributed by atoms with Crippen LogP contribution in [0.15, 0.2) is 23.1 Å². The zero-order chi connectivity index (χ0) is 10.0. The van der Waals surface area contributed by atoms with E-state index in [1.807, 2.05) is 0 Å². The molecule has 0 aromatic heterocycles. The van der Waals surface area contributed by atoms with E-state index in [4.69, 9.17) is 0 Å². The van der Waals surface area contributed by atoms with Gasteiger partial charge in [-0.25, -0.2) is 0 Å². The van der Waals surface area contributed by atoms with Crippen LogP contribution in [-0.4, -0.2) is 13.7 Å². The third-order valence-electron chi connectivity index (χ3n) is 1.55. The molecule has 0 fully saturated rings. The monoisotopic (exact) mass is 223 g/mol. The van der Waals surface area contributed by atoms with Crippen molar-refractivity contribution in [2.45, 2.75) is 11.8 Å². The van der Waals surface area contributed by atoms with Crippen LogP contribution >= 0.6 is 0 Å². The van der Waals surface area contributed by atoms with Crippen molar-refractivity contribution in [2.24, 2.45) is 0 Å². The molecule has 0 N–H and O–H groups in total. The molecule has 0 aliphatic rings. The molecular weight excluding hydrogens is 217 g/mol. The summed E-state index contributed by atoms with van der Waals surface area (Å²) in [6, 6.07) is 4.13. The van der Waals surface area contributed by atoms with Gasteiger partial charge in [-0.2, -0.15) is 0 Å². The van der Waals surface area contributed by atoms with Gasteiger partial charge in [0.15, 0.2) is 0 Å². The molecule has 14 heavy (non-hydrogen) atoms. The first-order valence-corrected chi connectivity index (χ1v) is 4.45. The second-order valence-electron chi connectivity index (χ2n) is 2.41. The van der Waals surface area contributed by atoms with Gasteiger partial charge >= 0.3 is 29.6 Å². The van der Waals surface area contributed by atoms with E-state index in [-0.39, 0.29) is 40.1 Å². The van der Waals surface area contributed by atoms with Crippen molar-refractivity contribution in [3.8, 4) is 0 Å². The topological polar surface area (TPSA) is 83.3 Å². The molecule has 0 saturated carbocycles. The van der Waals surface area contributed by atoms with Gasteiger partial charge in [-0.1, -0.05) is 12.1 Å². The van der Waals surface area contributed by atoms with E-state index < -0.39 is 16.0 Å². The van der Waals surface area contributed by atoms with Gasteiger partial charge in [0.1, 0.15) is 4.90 Å². The normalized spacial score (nSPS) is 11.6. The number of nitro groups is 1. The maximum Gasteiger partial charge on any atom is 1.00 e. The second-order valence-corrected chi connectivity index (χ2v) is 3.29. The number of nitrogens with zero attached hydrogens (tertiary/aromatic N) is 1. The minimum absolute atomic E-state index is 0. The Bertz CT molecular complexity index is 382. The Balaban J connectivity index is 0.00000169. The summed E-state index contributed by atoms with van der Waals surface area (Å²) in [6.07, 6.45) is 0. The van der Waals surface area contributed by atoms with Crippen molar-refractivity contribution in [3.05, 3.63) is 33.9 Å². The van der Waals surface area contributed by atoms with Crippen LogP contribution in [0, 0.1) is 17.0 Å². The molecule has 1 rings (SSSR count). The predicted molar refractivity (Wildman–Crippen MR) is 45.0 cm³/mol. The summed E-state index contributed by atoms with van der Waals surface area (Å²) in [4.78, 5) is 9.46. The van der Waals surface area contributed by atoms with Crippen LogP contribution in [0.25, 0.3) is 0 Å². The summed E-state index contributed by atoms with van der Waals surface area (Å²) >= 11 is -2.56. The van der Waals surface area contributed by atoms with Crippen molar-refractivity contribution in [1.82, 2.24) is 0 Å². The zero-order valence-electron chi connectivity index (χ0n) is 7.72. The Labute approximate surface area is 105 Å². The number of hydrogen-bond donors (Lipinski definition) is 0. The summed E-state index contributed by atoms with van der Waals surface area (Å²) < 4.78 is 21.3. The van der Waals surface area contributed by atoms with E-state index in [0.717, 1.165) is 6.07 Å². The molecule has 5 nitrogen and oxygen atoms in total. The van der Waals surface area contributed by atoms with E-state index in [1.54, 1.807) is 0 Å². The Morgan fingerprint density at radius 1 is 1.43 bits per heavy atom. The second kappa shape index (κ2) is 5.57. The van der Waals surface area contributed by atoms with Gasteiger partial charge in [0.25, 0.3) is 5.69 Å². The third kappa shape index (κ3) is 2.86. The standard InChI is InChI=1S/C7H7NO4S.Na/c1-5-3-2-4-6(8(9)10)7(5)13(11)12;/h2-4H,1H3,(H,11,12);/q;+1/p-1. The van der Waals surface area contributed by atoms with Crippen molar-refractivity contribution >= 4 is 16.8 Å². The van der Waals surface area contributed by atoms with Gasteiger partial charge in [-0.15, -0.1) is 0 Å². The first-order valence-electron chi connectivity index (χ1n) is 3.37. The molecule has 1 aromatic carbocycles. The van der Waals surface area contributed by atoms with Gasteiger partial charge < -0.3 is 4.55 Å². The van der Waals surface area contributed by atoms with Crippen molar-refractivity contribution in [1.29, 1.82) is 0 Å². The molecular formula is C7H6NNaO4S. The quantitative estimate of drug-likeness (QED) is 0.255. The fourth-order valence-corrected chi connectivity index (χ4v) is 1.64. The molecule has 7 heteroatoms. The van der Waals surface area contributed by atoms with E-state index in [2.05, 4.69) is 0 Å². The van der Waals surface area contributed by atoms with Crippen LogP contribution in [0.3, 0.4) is 0 Å². The fraction of sp³-hybridized carbons (Fsp3) is 0.143. The number of rotatable bonds is 2.